The molecule has 0 aliphatic heterocycles. The fourth-order valence-electron chi connectivity index (χ4n) is 1.67. The van der Waals surface area contributed by atoms with E-state index in [1.165, 1.54) is 11.1 Å². The van der Waals surface area contributed by atoms with Crippen LogP contribution in [0, 0.1) is 6.92 Å². The molecule has 0 heterocycles. The lowest BCUT2D eigenvalue weighted by Gasteiger charge is -2.20. The largest absolute Gasteiger partial charge is 0.493 e. The number of aliphatic hydroxyl groups is 1. The lowest BCUT2D eigenvalue weighted by atomic mass is 9.86. The normalized spacial score (nSPS) is 11.6. The number of hydrogen-bond donors (Lipinski definition) is 1. The Labute approximate surface area is 105 Å². The molecule has 0 radical (unpaired) electrons. The molecule has 1 rings (SSSR count). The van der Waals surface area contributed by atoms with Gasteiger partial charge in [-0.15, -0.1) is 0 Å². The first-order chi connectivity index (χ1) is 7.95. The van der Waals surface area contributed by atoms with Gasteiger partial charge in [-0.2, -0.15) is 0 Å². The Morgan fingerprint density at radius 1 is 1.18 bits per heavy atom. The highest BCUT2D eigenvalue weighted by Gasteiger charge is 2.14. The third-order valence-electron chi connectivity index (χ3n) is 2.85. The van der Waals surface area contributed by atoms with Gasteiger partial charge in [0.05, 0.1) is 6.61 Å². The maximum Gasteiger partial charge on any atom is 0.122 e. The van der Waals surface area contributed by atoms with Crippen LogP contribution < -0.4 is 4.74 Å². The minimum absolute atomic E-state index is 0.181. The molecule has 0 amide bonds. The van der Waals surface area contributed by atoms with Crippen molar-refractivity contribution in [1.82, 2.24) is 0 Å². The summed E-state index contributed by atoms with van der Waals surface area (Å²) in [4.78, 5) is 0. The third-order valence-corrected chi connectivity index (χ3v) is 2.85. The van der Waals surface area contributed by atoms with Crippen molar-refractivity contribution in [3.63, 3.8) is 0 Å². The fraction of sp³-hybridized carbons (Fsp3) is 0.600. The van der Waals surface area contributed by atoms with Crippen molar-refractivity contribution in [2.45, 2.75) is 46.0 Å². The first kappa shape index (κ1) is 14.0. The topological polar surface area (TPSA) is 29.5 Å². The van der Waals surface area contributed by atoms with Crippen molar-refractivity contribution in [2.75, 3.05) is 13.2 Å². The van der Waals surface area contributed by atoms with Gasteiger partial charge in [-0.05, 0) is 42.4 Å². The summed E-state index contributed by atoms with van der Waals surface area (Å²) in [6.07, 6.45) is 1.70. The van der Waals surface area contributed by atoms with Gasteiger partial charge in [0, 0.05) is 6.61 Å². The molecule has 1 aromatic rings. The minimum Gasteiger partial charge on any atom is -0.493 e. The first-order valence-corrected chi connectivity index (χ1v) is 6.30. The predicted molar refractivity (Wildman–Crippen MR) is 71.7 cm³/mol. The number of unbranched alkanes of at least 4 members (excludes halogenated alkanes) is 1. The van der Waals surface area contributed by atoms with Gasteiger partial charge in [0.1, 0.15) is 5.75 Å². The summed E-state index contributed by atoms with van der Waals surface area (Å²) in [6.45, 7) is 9.63. The van der Waals surface area contributed by atoms with Crippen LogP contribution in [-0.2, 0) is 5.41 Å². The molecule has 0 fully saturated rings. The minimum atomic E-state index is 0.181. The van der Waals surface area contributed by atoms with E-state index in [0.29, 0.717) is 6.61 Å². The SMILES string of the molecule is Cc1cc(C(C)(C)C)ccc1OCCCCO. The Morgan fingerprint density at radius 2 is 1.88 bits per heavy atom. The Morgan fingerprint density at radius 3 is 2.41 bits per heavy atom. The van der Waals surface area contributed by atoms with E-state index in [9.17, 15) is 0 Å². The van der Waals surface area contributed by atoms with E-state index in [2.05, 4.69) is 45.9 Å². The second-order valence-corrected chi connectivity index (χ2v) is 5.51. The molecule has 0 saturated heterocycles. The molecule has 1 N–H and O–H groups in total. The van der Waals surface area contributed by atoms with Crippen molar-refractivity contribution in [3.8, 4) is 5.75 Å². The summed E-state index contributed by atoms with van der Waals surface area (Å²) >= 11 is 0. The Hall–Kier alpha value is -1.02. The Bertz CT molecular complexity index is 350. The molecule has 0 aliphatic carbocycles. The summed E-state index contributed by atoms with van der Waals surface area (Å²) in [5.74, 6) is 0.955. The monoisotopic (exact) mass is 236 g/mol. The number of aryl methyl sites for hydroxylation is 1. The zero-order valence-corrected chi connectivity index (χ0v) is 11.4. The van der Waals surface area contributed by atoms with Crippen LogP contribution in [0.15, 0.2) is 18.2 Å². The molecule has 1 aromatic carbocycles. The smallest absolute Gasteiger partial charge is 0.122 e. The molecule has 96 valence electrons. The summed E-state index contributed by atoms with van der Waals surface area (Å²) < 4.78 is 5.70. The van der Waals surface area contributed by atoms with Crippen molar-refractivity contribution >= 4 is 0 Å². The van der Waals surface area contributed by atoms with E-state index in [1.807, 2.05) is 0 Å². The predicted octanol–water partition coefficient (Wildman–Crippen LogP) is 3.44. The van der Waals surface area contributed by atoms with Crippen LogP contribution in [0.3, 0.4) is 0 Å². The summed E-state index contributed by atoms with van der Waals surface area (Å²) in [6, 6.07) is 6.38. The molecule has 0 bridgehead atoms. The van der Waals surface area contributed by atoms with Crippen molar-refractivity contribution in [2.24, 2.45) is 0 Å². The highest BCUT2D eigenvalue weighted by Crippen LogP contribution is 2.27. The average molecular weight is 236 g/mol. The van der Waals surface area contributed by atoms with E-state index in [0.717, 1.165) is 18.6 Å². The molecular weight excluding hydrogens is 212 g/mol. The van der Waals surface area contributed by atoms with Gasteiger partial charge in [0.25, 0.3) is 0 Å². The molecule has 0 aliphatic rings. The standard InChI is InChI=1S/C15H24O2/c1-12-11-13(15(2,3)4)7-8-14(12)17-10-6-5-9-16/h7-8,11,16H,5-6,9-10H2,1-4H3. The fourth-order valence-corrected chi connectivity index (χ4v) is 1.67. The third kappa shape index (κ3) is 4.39. The number of aliphatic hydroxyl groups excluding tert-OH is 1. The van der Waals surface area contributed by atoms with Crippen LogP contribution in [-0.4, -0.2) is 18.3 Å². The summed E-state index contributed by atoms with van der Waals surface area (Å²) in [5.41, 5.74) is 2.69. The van der Waals surface area contributed by atoms with Crippen LogP contribution in [0.5, 0.6) is 5.75 Å². The van der Waals surface area contributed by atoms with Crippen LogP contribution in [0.4, 0.5) is 0 Å². The number of rotatable bonds is 5. The molecule has 0 spiro atoms. The molecular formula is C15H24O2. The average Bonchev–Trinajstić information content (AvgIpc) is 2.24. The van der Waals surface area contributed by atoms with E-state index < -0.39 is 0 Å². The maximum atomic E-state index is 8.69. The lowest BCUT2D eigenvalue weighted by molar-refractivity contribution is 0.252. The molecule has 2 heteroatoms. The molecule has 0 atom stereocenters. The zero-order valence-electron chi connectivity index (χ0n) is 11.4. The van der Waals surface area contributed by atoms with Gasteiger partial charge in [-0.1, -0.05) is 32.9 Å². The Balaban J connectivity index is 2.64. The second-order valence-electron chi connectivity index (χ2n) is 5.51. The van der Waals surface area contributed by atoms with Gasteiger partial charge >= 0.3 is 0 Å². The molecule has 0 aromatic heterocycles. The quantitative estimate of drug-likeness (QED) is 0.793. The number of ether oxygens (including phenoxy) is 1. The maximum absolute atomic E-state index is 8.69. The van der Waals surface area contributed by atoms with Crippen LogP contribution in [0.2, 0.25) is 0 Å². The molecule has 2 nitrogen and oxygen atoms in total. The van der Waals surface area contributed by atoms with Gasteiger partial charge in [0.15, 0.2) is 0 Å². The van der Waals surface area contributed by atoms with Crippen molar-refractivity contribution in [3.05, 3.63) is 29.3 Å². The van der Waals surface area contributed by atoms with Crippen molar-refractivity contribution in [1.29, 1.82) is 0 Å². The zero-order chi connectivity index (χ0) is 12.9. The van der Waals surface area contributed by atoms with Gasteiger partial charge in [-0.3, -0.25) is 0 Å². The van der Waals surface area contributed by atoms with E-state index in [-0.39, 0.29) is 12.0 Å². The number of hydrogen-bond acceptors (Lipinski definition) is 2. The van der Waals surface area contributed by atoms with Gasteiger partial charge in [0.2, 0.25) is 0 Å². The highest BCUT2D eigenvalue weighted by molar-refractivity contribution is 5.38. The first-order valence-electron chi connectivity index (χ1n) is 6.30. The van der Waals surface area contributed by atoms with E-state index in [4.69, 9.17) is 9.84 Å². The lowest BCUT2D eigenvalue weighted by Crippen LogP contribution is -2.11. The van der Waals surface area contributed by atoms with Gasteiger partial charge in [-0.25, -0.2) is 0 Å². The molecule has 17 heavy (non-hydrogen) atoms. The molecule has 0 saturated carbocycles. The second kappa shape index (κ2) is 6.06. The Kier molecular flexibility index (Phi) is 5.01. The van der Waals surface area contributed by atoms with E-state index >= 15 is 0 Å². The summed E-state index contributed by atoms with van der Waals surface area (Å²) in [5, 5.41) is 8.69. The van der Waals surface area contributed by atoms with Crippen molar-refractivity contribution < 1.29 is 9.84 Å². The van der Waals surface area contributed by atoms with Crippen LogP contribution in [0.1, 0.15) is 44.7 Å². The summed E-state index contributed by atoms with van der Waals surface area (Å²) in [7, 11) is 0. The van der Waals surface area contributed by atoms with E-state index in [1.54, 1.807) is 0 Å². The van der Waals surface area contributed by atoms with Crippen LogP contribution >= 0.6 is 0 Å². The van der Waals surface area contributed by atoms with Crippen LogP contribution in [0.25, 0.3) is 0 Å². The highest BCUT2D eigenvalue weighted by atomic mass is 16.5. The molecule has 0 unspecified atom stereocenters. The van der Waals surface area contributed by atoms with Gasteiger partial charge < -0.3 is 9.84 Å². The number of benzene rings is 1.